The van der Waals surface area contributed by atoms with E-state index >= 15 is 0 Å². The molecule has 21 heavy (non-hydrogen) atoms. The van der Waals surface area contributed by atoms with Gasteiger partial charge in [-0.05, 0) is 24.6 Å². The topological polar surface area (TPSA) is 52.6 Å². The Morgan fingerprint density at radius 3 is 2.48 bits per heavy atom. The summed E-state index contributed by atoms with van der Waals surface area (Å²) in [7, 11) is 0. The quantitative estimate of drug-likeness (QED) is 0.604. The van der Waals surface area contributed by atoms with Crippen LogP contribution >= 0.6 is 0 Å². The van der Waals surface area contributed by atoms with Gasteiger partial charge in [-0.25, -0.2) is 4.79 Å². The van der Waals surface area contributed by atoms with E-state index in [4.69, 9.17) is 9.47 Å². The predicted molar refractivity (Wildman–Crippen MR) is 78.2 cm³/mol. The Bertz CT molecular complexity index is 620. The summed E-state index contributed by atoms with van der Waals surface area (Å²) < 4.78 is 10.4. The van der Waals surface area contributed by atoms with Gasteiger partial charge in [0, 0.05) is 5.56 Å². The number of ketones is 1. The zero-order valence-corrected chi connectivity index (χ0v) is 11.7. The number of ether oxygens (including phenoxy) is 2. The van der Waals surface area contributed by atoms with Crippen LogP contribution < -0.4 is 4.74 Å². The fourth-order valence-electron chi connectivity index (χ4n) is 1.73. The normalized spacial score (nSPS) is 9.95. The maximum Gasteiger partial charge on any atom is 0.344 e. The van der Waals surface area contributed by atoms with E-state index in [0.29, 0.717) is 11.3 Å². The molecule has 2 aromatic carbocycles. The zero-order valence-electron chi connectivity index (χ0n) is 11.7. The average molecular weight is 284 g/mol. The van der Waals surface area contributed by atoms with E-state index in [-0.39, 0.29) is 19.0 Å². The van der Waals surface area contributed by atoms with E-state index in [2.05, 4.69) is 0 Å². The SMILES string of the molecule is CC(=O)c1cccc(OCC(=O)OCc2ccccc2)c1. The van der Waals surface area contributed by atoms with Crippen molar-refractivity contribution in [3.8, 4) is 5.75 Å². The molecule has 0 radical (unpaired) electrons. The van der Waals surface area contributed by atoms with Crippen molar-refractivity contribution in [1.82, 2.24) is 0 Å². The van der Waals surface area contributed by atoms with Gasteiger partial charge in [0.2, 0.25) is 0 Å². The van der Waals surface area contributed by atoms with Crippen LogP contribution in [-0.2, 0) is 16.1 Å². The Hall–Kier alpha value is -2.62. The van der Waals surface area contributed by atoms with Crippen molar-refractivity contribution in [3.63, 3.8) is 0 Å². The molecule has 0 fully saturated rings. The number of carbonyl (C=O) groups excluding carboxylic acids is 2. The van der Waals surface area contributed by atoms with Crippen molar-refractivity contribution in [2.45, 2.75) is 13.5 Å². The summed E-state index contributed by atoms with van der Waals surface area (Å²) >= 11 is 0. The minimum absolute atomic E-state index is 0.0490. The van der Waals surface area contributed by atoms with Gasteiger partial charge in [0.15, 0.2) is 12.4 Å². The number of hydrogen-bond acceptors (Lipinski definition) is 4. The number of esters is 1. The lowest BCUT2D eigenvalue weighted by Gasteiger charge is -2.07. The fraction of sp³-hybridized carbons (Fsp3) is 0.176. The third-order valence-electron chi connectivity index (χ3n) is 2.84. The largest absolute Gasteiger partial charge is 0.482 e. The van der Waals surface area contributed by atoms with Crippen LogP contribution in [0.3, 0.4) is 0 Å². The molecule has 2 aromatic rings. The van der Waals surface area contributed by atoms with Crippen LogP contribution in [0.4, 0.5) is 0 Å². The highest BCUT2D eigenvalue weighted by molar-refractivity contribution is 5.94. The van der Waals surface area contributed by atoms with Gasteiger partial charge in [0.1, 0.15) is 12.4 Å². The first-order chi connectivity index (χ1) is 10.1. The summed E-state index contributed by atoms with van der Waals surface area (Å²) in [4.78, 5) is 22.8. The van der Waals surface area contributed by atoms with Gasteiger partial charge < -0.3 is 9.47 Å². The lowest BCUT2D eigenvalue weighted by atomic mass is 10.1. The molecule has 4 heteroatoms. The van der Waals surface area contributed by atoms with Crippen LogP contribution in [0.25, 0.3) is 0 Å². The summed E-state index contributed by atoms with van der Waals surface area (Å²) in [5.41, 5.74) is 1.47. The molecule has 0 spiro atoms. The molecule has 0 aliphatic carbocycles. The fourth-order valence-corrected chi connectivity index (χ4v) is 1.73. The summed E-state index contributed by atoms with van der Waals surface area (Å²) in [5, 5.41) is 0. The first-order valence-electron chi connectivity index (χ1n) is 6.58. The maximum absolute atomic E-state index is 11.6. The van der Waals surface area contributed by atoms with Crippen LogP contribution in [0.1, 0.15) is 22.8 Å². The smallest absolute Gasteiger partial charge is 0.344 e. The van der Waals surface area contributed by atoms with Crippen LogP contribution in [-0.4, -0.2) is 18.4 Å². The van der Waals surface area contributed by atoms with Crippen molar-refractivity contribution in [2.24, 2.45) is 0 Å². The molecule has 108 valence electrons. The zero-order chi connectivity index (χ0) is 15.1. The van der Waals surface area contributed by atoms with Gasteiger partial charge in [-0.1, -0.05) is 42.5 Å². The molecular formula is C17H16O4. The molecule has 0 amide bonds. The Balaban J connectivity index is 1.81. The number of benzene rings is 2. The Labute approximate surface area is 123 Å². The van der Waals surface area contributed by atoms with E-state index in [1.807, 2.05) is 30.3 Å². The molecule has 0 atom stereocenters. The maximum atomic E-state index is 11.6. The molecule has 0 bridgehead atoms. The molecule has 2 rings (SSSR count). The van der Waals surface area contributed by atoms with Crippen LogP contribution in [0.5, 0.6) is 5.75 Å². The van der Waals surface area contributed by atoms with E-state index in [0.717, 1.165) is 5.56 Å². The first kappa shape index (κ1) is 14.8. The first-order valence-corrected chi connectivity index (χ1v) is 6.58. The van der Waals surface area contributed by atoms with Gasteiger partial charge in [-0.15, -0.1) is 0 Å². The highest BCUT2D eigenvalue weighted by Gasteiger charge is 2.06. The number of rotatable bonds is 6. The highest BCUT2D eigenvalue weighted by atomic mass is 16.6. The van der Waals surface area contributed by atoms with Crippen molar-refractivity contribution in [2.75, 3.05) is 6.61 Å². The second kappa shape index (κ2) is 7.24. The van der Waals surface area contributed by atoms with E-state index in [1.54, 1.807) is 24.3 Å². The number of hydrogen-bond donors (Lipinski definition) is 0. The minimum Gasteiger partial charge on any atom is -0.482 e. The third-order valence-corrected chi connectivity index (χ3v) is 2.84. The molecule has 0 unspecified atom stereocenters. The second-order valence-electron chi connectivity index (χ2n) is 4.52. The molecule has 0 aromatic heterocycles. The van der Waals surface area contributed by atoms with Gasteiger partial charge >= 0.3 is 5.97 Å². The summed E-state index contributed by atoms with van der Waals surface area (Å²) in [5.74, 6) is -0.0291. The number of Topliss-reactive ketones (excluding diaryl/α,β-unsaturated/α-hetero) is 1. The Morgan fingerprint density at radius 1 is 1.00 bits per heavy atom. The molecule has 0 aliphatic heterocycles. The van der Waals surface area contributed by atoms with Crippen molar-refractivity contribution in [3.05, 3.63) is 65.7 Å². The van der Waals surface area contributed by atoms with Gasteiger partial charge in [0.25, 0.3) is 0 Å². The molecule has 0 saturated carbocycles. The Morgan fingerprint density at radius 2 is 1.76 bits per heavy atom. The summed E-state index contributed by atoms with van der Waals surface area (Å²) in [6.07, 6.45) is 0. The van der Waals surface area contributed by atoms with Crippen molar-refractivity contribution in [1.29, 1.82) is 0 Å². The second-order valence-corrected chi connectivity index (χ2v) is 4.52. The predicted octanol–water partition coefficient (Wildman–Crippen LogP) is 3.01. The van der Waals surface area contributed by atoms with Crippen LogP contribution in [0, 0.1) is 0 Å². The van der Waals surface area contributed by atoms with E-state index in [1.165, 1.54) is 6.92 Å². The molecule has 0 saturated heterocycles. The molecule has 0 N–H and O–H groups in total. The summed E-state index contributed by atoms with van der Waals surface area (Å²) in [6, 6.07) is 16.1. The third kappa shape index (κ3) is 4.76. The molecule has 0 heterocycles. The minimum atomic E-state index is -0.452. The van der Waals surface area contributed by atoms with Gasteiger partial charge in [-0.3, -0.25) is 4.79 Å². The highest BCUT2D eigenvalue weighted by Crippen LogP contribution is 2.13. The summed E-state index contributed by atoms with van der Waals surface area (Å²) in [6.45, 7) is 1.51. The van der Waals surface area contributed by atoms with E-state index in [9.17, 15) is 9.59 Å². The van der Waals surface area contributed by atoms with Crippen molar-refractivity contribution < 1.29 is 19.1 Å². The lowest BCUT2D eigenvalue weighted by Crippen LogP contribution is -2.14. The van der Waals surface area contributed by atoms with Crippen LogP contribution in [0.2, 0.25) is 0 Å². The van der Waals surface area contributed by atoms with Gasteiger partial charge in [0.05, 0.1) is 0 Å². The monoisotopic (exact) mass is 284 g/mol. The molecular weight excluding hydrogens is 268 g/mol. The molecule has 0 aliphatic rings. The van der Waals surface area contributed by atoms with Gasteiger partial charge in [-0.2, -0.15) is 0 Å². The standard InChI is InChI=1S/C17H16O4/c1-13(18)15-8-5-9-16(10-15)20-12-17(19)21-11-14-6-3-2-4-7-14/h2-10H,11-12H2,1H3. The molecule has 4 nitrogen and oxygen atoms in total. The average Bonchev–Trinajstić information content (AvgIpc) is 2.52. The number of carbonyl (C=O) groups is 2. The van der Waals surface area contributed by atoms with Crippen LogP contribution in [0.15, 0.2) is 54.6 Å². The van der Waals surface area contributed by atoms with E-state index < -0.39 is 5.97 Å². The van der Waals surface area contributed by atoms with Crippen molar-refractivity contribution >= 4 is 11.8 Å². The Kier molecular flexibility index (Phi) is 5.10. The lowest BCUT2D eigenvalue weighted by molar-refractivity contribution is -0.147.